The Morgan fingerprint density at radius 2 is 2.06 bits per heavy atom. The van der Waals surface area contributed by atoms with Crippen LogP contribution in [0.1, 0.15) is 12.0 Å². The molecule has 0 aliphatic heterocycles. The number of ether oxygens (including phenoxy) is 1. The van der Waals surface area contributed by atoms with Crippen LogP contribution in [0.15, 0.2) is 36.7 Å². The largest absolute Gasteiger partial charge is 0.490 e. The summed E-state index contributed by atoms with van der Waals surface area (Å²) < 4.78 is 7.44. The van der Waals surface area contributed by atoms with Crippen LogP contribution in [0.25, 0.3) is 5.69 Å². The van der Waals surface area contributed by atoms with Gasteiger partial charge in [0.05, 0.1) is 24.7 Å². The summed E-state index contributed by atoms with van der Waals surface area (Å²) >= 11 is 0. The Morgan fingerprint density at radius 1 is 1.28 bits per heavy atom. The molecule has 1 aromatic carbocycles. The van der Waals surface area contributed by atoms with Crippen LogP contribution in [-0.4, -0.2) is 30.0 Å². The Hall–Kier alpha value is -1.81. The first-order chi connectivity index (χ1) is 8.79. The molecule has 0 atom stereocenters. The van der Waals surface area contributed by atoms with Crippen LogP contribution >= 0.6 is 0 Å². The number of benzene rings is 1. The molecule has 0 saturated heterocycles. The van der Waals surface area contributed by atoms with Crippen LogP contribution in [0.2, 0.25) is 0 Å². The Morgan fingerprint density at radius 3 is 2.78 bits per heavy atom. The normalized spacial score (nSPS) is 10.6. The Balaban J connectivity index is 1.95. The minimum absolute atomic E-state index is 0.709. The van der Waals surface area contributed by atoms with Gasteiger partial charge in [-0.1, -0.05) is 17.7 Å². The number of hydrogen-bond acceptors (Lipinski definition) is 3. The van der Waals surface area contributed by atoms with Crippen molar-refractivity contribution in [1.29, 1.82) is 0 Å². The number of rotatable bonds is 6. The van der Waals surface area contributed by atoms with Gasteiger partial charge in [0.1, 0.15) is 0 Å². The van der Waals surface area contributed by atoms with Crippen LogP contribution in [0.4, 0.5) is 0 Å². The third-order valence-electron chi connectivity index (χ3n) is 2.70. The van der Waals surface area contributed by atoms with Gasteiger partial charge in [-0.15, -0.1) is 0 Å². The molecule has 1 heterocycles. The van der Waals surface area contributed by atoms with Gasteiger partial charge in [-0.25, -0.2) is 4.68 Å². The standard InChI is InChI=1S/C14H19N3O/c1-12-4-6-13(7-5-12)17-11-14(10-16-17)18-9-3-8-15-2/h4-7,10-11,15H,3,8-9H2,1-2H3. The van der Waals surface area contributed by atoms with Gasteiger partial charge in [-0.3, -0.25) is 0 Å². The zero-order valence-corrected chi connectivity index (χ0v) is 10.9. The average Bonchev–Trinajstić information content (AvgIpc) is 2.84. The predicted octanol–water partition coefficient (Wildman–Crippen LogP) is 2.17. The molecule has 0 fully saturated rings. The summed E-state index contributed by atoms with van der Waals surface area (Å²) in [5, 5.41) is 7.38. The second kappa shape index (κ2) is 6.21. The fraction of sp³-hybridized carbons (Fsp3) is 0.357. The van der Waals surface area contributed by atoms with Crippen molar-refractivity contribution in [2.45, 2.75) is 13.3 Å². The van der Waals surface area contributed by atoms with E-state index in [9.17, 15) is 0 Å². The summed E-state index contributed by atoms with van der Waals surface area (Å²) in [5.74, 6) is 0.812. The fourth-order valence-electron chi connectivity index (χ4n) is 1.66. The van der Waals surface area contributed by atoms with Gasteiger partial charge < -0.3 is 10.1 Å². The van der Waals surface area contributed by atoms with Gasteiger partial charge in [0.2, 0.25) is 0 Å². The summed E-state index contributed by atoms with van der Waals surface area (Å²) in [6.07, 6.45) is 4.65. The molecule has 0 bridgehead atoms. The van der Waals surface area contributed by atoms with Gasteiger partial charge in [-0.05, 0) is 39.1 Å². The Labute approximate surface area is 108 Å². The SMILES string of the molecule is CNCCCOc1cnn(-c2ccc(C)cc2)c1. The van der Waals surface area contributed by atoms with Gasteiger partial charge in [-0.2, -0.15) is 5.10 Å². The van der Waals surface area contributed by atoms with E-state index in [0.717, 1.165) is 24.4 Å². The average molecular weight is 245 g/mol. The molecule has 0 saturated carbocycles. The van der Waals surface area contributed by atoms with Crippen molar-refractivity contribution in [3.63, 3.8) is 0 Å². The molecular weight excluding hydrogens is 226 g/mol. The summed E-state index contributed by atoms with van der Waals surface area (Å²) in [7, 11) is 1.94. The van der Waals surface area contributed by atoms with Crippen LogP contribution in [0, 0.1) is 6.92 Å². The lowest BCUT2D eigenvalue weighted by Gasteiger charge is -2.03. The maximum absolute atomic E-state index is 5.61. The number of hydrogen-bond donors (Lipinski definition) is 1. The first-order valence-electron chi connectivity index (χ1n) is 6.19. The zero-order valence-electron chi connectivity index (χ0n) is 10.9. The summed E-state index contributed by atoms with van der Waals surface area (Å²) in [4.78, 5) is 0. The van der Waals surface area contributed by atoms with E-state index in [2.05, 4.69) is 29.5 Å². The van der Waals surface area contributed by atoms with Crippen molar-refractivity contribution in [3.8, 4) is 11.4 Å². The van der Waals surface area contributed by atoms with Crippen molar-refractivity contribution in [3.05, 3.63) is 42.2 Å². The lowest BCUT2D eigenvalue weighted by Crippen LogP contribution is -2.11. The second-order valence-corrected chi connectivity index (χ2v) is 4.26. The lowest BCUT2D eigenvalue weighted by atomic mass is 10.2. The molecule has 2 aromatic rings. The summed E-state index contributed by atoms with van der Waals surface area (Å²) in [5.41, 5.74) is 2.29. The zero-order chi connectivity index (χ0) is 12.8. The van der Waals surface area contributed by atoms with Crippen molar-refractivity contribution < 1.29 is 4.74 Å². The molecule has 0 amide bonds. The van der Waals surface area contributed by atoms with E-state index < -0.39 is 0 Å². The third-order valence-corrected chi connectivity index (χ3v) is 2.70. The van der Waals surface area contributed by atoms with Gasteiger partial charge >= 0.3 is 0 Å². The van der Waals surface area contributed by atoms with E-state index in [4.69, 9.17) is 4.74 Å². The smallest absolute Gasteiger partial charge is 0.157 e. The van der Waals surface area contributed by atoms with Crippen molar-refractivity contribution in [1.82, 2.24) is 15.1 Å². The van der Waals surface area contributed by atoms with Crippen molar-refractivity contribution in [2.75, 3.05) is 20.2 Å². The first-order valence-corrected chi connectivity index (χ1v) is 6.19. The molecule has 96 valence electrons. The van der Waals surface area contributed by atoms with E-state index >= 15 is 0 Å². The molecule has 2 rings (SSSR count). The second-order valence-electron chi connectivity index (χ2n) is 4.26. The molecule has 1 N–H and O–H groups in total. The maximum atomic E-state index is 5.61. The number of aryl methyl sites for hydroxylation is 1. The lowest BCUT2D eigenvalue weighted by molar-refractivity contribution is 0.309. The fourth-order valence-corrected chi connectivity index (χ4v) is 1.66. The quantitative estimate of drug-likeness (QED) is 0.793. The topological polar surface area (TPSA) is 39.1 Å². The third kappa shape index (κ3) is 3.34. The van der Waals surface area contributed by atoms with E-state index in [-0.39, 0.29) is 0 Å². The molecular formula is C14H19N3O. The number of nitrogens with zero attached hydrogens (tertiary/aromatic N) is 2. The predicted molar refractivity (Wildman–Crippen MR) is 72.3 cm³/mol. The highest BCUT2D eigenvalue weighted by atomic mass is 16.5. The van der Waals surface area contributed by atoms with E-state index in [1.807, 2.05) is 30.1 Å². The van der Waals surface area contributed by atoms with Crippen molar-refractivity contribution in [2.24, 2.45) is 0 Å². The molecule has 0 aliphatic rings. The highest BCUT2D eigenvalue weighted by Crippen LogP contribution is 2.14. The number of aromatic nitrogens is 2. The van der Waals surface area contributed by atoms with E-state index in [1.54, 1.807) is 6.20 Å². The van der Waals surface area contributed by atoms with Crippen LogP contribution < -0.4 is 10.1 Å². The summed E-state index contributed by atoms with van der Waals surface area (Å²) in [6, 6.07) is 8.25. The summed E-state index contributed by atoms with van der Waals surface area (Å²) in [6.45, 7) is 3.75. The van der Waals surface area contributed by atoms with Crippen LogP contribution in [-0.2, 0) is 0 Å². The minimum atomic E-state index is 0.709. The molecule has 0 unspecified atom stereocenters. The van der Waals surface area contributed by atoms with Crippen LogP contribution in [0.5, 0.6) is 5.75 Å². The molecule has 4 heteroatoms. The van der Waals surface area contributed by atoms with E-state index in [0.29, 0.717) is 6.61 Å². The minimum Gasteiger partial charge on any atom is -0.490 e. The molecule has 1 aromatic heterocycles. The molecule has 0 radical (unpaired) electrons. The first kappa shape index (κ1) is 12.6. The highest BCUT2D eigenvalue weighted by molar-refractivity contribution is 5.34. The Bertz CT molecular complexity index is 476. The highest BCUT2D eigenvalue weighted by Gasteiger charge is 2.01. The van der Waals surface area contributed by atoms with Crippen molar-refractivity contribution >= 4 is 0 Å². The van der Waals surface area contributed by atoms with Gasteiger partial charge in [0.25, 0.3) is 0 Å². The van der Waals surface area contributed by atoms with Crippen LogP contribution in [0.3, 0.4) is 0 Å². The van der Waals surface area contributed by atoms with Gasteiger partial charge in [0, 0.05) is 0 Å². The molecule has 0 aliphatic carbocycles. The Kier molecular flexibility index (Phi) is 4.36. The van der Waals surface area contributed by atoms with Gasteiger partial charge in [0.15, 0.2) is 5.75 Å². The van der Waals surface area contributed by atoms with E-state index in [1.165, 1.54) is 5.56 Å². The maximum Gasteiger partial charge on any atom is 0.157 e. The molecule has 4 nitrogen and oxygen atoms in total. The molecule has 0 spiro atoms. The number of nitrogens with one attached hydrogen (secondary N) is 1. The molecule has 18 heavy (non-hydrogen) atoms. The monoisotopic (exact) mass is 245 g/mol.